The van der Waals surface area contributed by atoms with E-state index in [4.69, 9.17) is 4.74 Å². The van der Waals surface area contributed by atoms with Crippen LogP contribution in [0.15, 0.2) is 36.5 Å². The number of carbonyl (C=O) groups is 1. The Morgan fingerprint density at radius 3 is 2.73 bits per heavy atom. The minimum atomic E-state index is -0.876. The largest absolute Gasteiger partial charge is 0.479 e. The van der Waals surface area contributed by atoms with E-state index in [0.717, 1.165) is 0 Å². The molecule has 2 atom stereocenters. The highest BCUT2D eigenvalue weighted by Crippen LogP contribution is 2.23. The van der Waals surface area contributed by atoms with Gasteiger partial charge in [0, 0.05) is 12.3 Å². The number of hydrogen-bond donors (Lipinski definition) is 4. The first-order valence-corrected chi connectivity index (χ1v) is 7.87. The third-order valence-corrected chi connectivity index (χ3v) is 3.85. The van der Waals surface area contributed by atoms with Gasteiger partial charge in [-0.05, 0) is 24.6 Å². The molecule has 0 spiro atoms. The number of rotatable bonds is 5. The molecule has 0 fully saturated rings. The normalized spacial score (nSPS) is 13.2. The Kier molecular flexibility index (Phi) is 4.99. The molecule has 136 valence electrons. The fraction of sp³-hybridized carbons (Fsp3) is 0.235. The molecule has 2 aromatic heterocycles. The van der Waals surface area contributed by atoms with Crippen LogP contribution in [0.3, 0.4) is 0 Å². The van der Waals surface area contributed by atoms with Crippen LogP contribution in [0.1, 0.15) is 18.5 Å². The number of aliphatic hydroxyl groups is 1. The van der Waals surface area contributed by atoms with E-state index in [1.165, 1.54) is 44.5 Å². The van der Waals surface area contributed by atoms with Gasteiger partial charge >= 0.3 is 6.03 Å². The highest BCUT2D eigenvalue weighted by molar-refractivity contribution is 5.92. The van der Waals surface area contributed by atoms with Gasteiger partial charge in [0.1, 0.15) is 11.6 Å². The number of anilines is 1. The van der Waals surface area contributed by atoms with Gasteiger partial charge in [-0.1, -0.05) is 12.1 Å². The number of benzene rings is 1. The van der Waals surface area contributed by atoms with Crippen LogP contribution in [0.2, 0.25) is 0 Å². The minimum absolute atomic E-state index is 0.296. The fourth-order valence-electron chi connectivity index (χ4n) is 2.56. The summed E-state index contributed by atoms with van der Waals surface area (Å²) < 4.78 is 18.2. The SMILES string of the molecule is COc1n[nH]c2cc(NC(=O)NC(c3ccc(F)cc3)C(C)O)ncc12. The first-order chi connectivity index (χ1) is 12.5. The molecule has 0 aliphatic rings. The fourth-order valence-corrected chi connectivity index (χ4v) is 2.56. The standard InChI is InChI=1S/C17H18FN5O3/c1-9(24)15(10-3-5-11(18)6-4-10)21-17(25)20-14-7-13-12(8-19-14)16(26-2)23-22-13/h3-9,15,24H,1-2H3,(H,22,23)(H2,19,20,21,25). The summed E-state index contributed by atoms with van der Waals surface area (Å²) in [5.41, 5.74) is 1.23. The minimum Gasteiger partial charge on any atom is -0.479 e. The average molecular weight is 359 g/mol. The third kappa shape index (κ3) is 3.72. The van der Waals surface area contributed by atoms with Crippen LogP contribution in [-0.2, 0) is 0 Å². The highest BCUT2D eigenvalue weighted by Gasteiger charge is 2.20. The van der Waals surface area contributed by atoms with Gasteiger partial charge in [-0.3, -0.25) is 10.4 Å². The van der Waals surface area contributed by atoms with Crippen LogP contribution < -0.4 is 15.4 Å². The smallest absolute Gasteiger partial charge is 0.320 e. The molecule has 0 aliphatic heterocycles. The molecule has 4 N–H and O–H groups in total. The number of nitrogens with zero attached hydrogens (tertiary/aromatic N) is 2. The van der Waals surface area contributed by atoms with Gasteiger partial charge in [0.25, 0.3) is 0 Å². The molecule has 0 bridgehead atoms. The van der Waals surface area contributed by atoms with E-state index < -0.39 is 24.0 Å². The Hall–Kier alpha value is -3.20. The van der Waals surface area contributed by atoms with Crippen molar-refractivity contribution in [3.63, 3.8) is 0 Å². The van der Waals surface area contributed by atoms with E-state index in [-0.39, 0.29) is 0 Å². The molecule has 9 heteroatoms. The molecule has 26 heavy (non-hydrogen) atoms. The number of nitrogens with one attached hydrogen (secondary N) is 3. The molecule has 0 radical (unpaired) electrons. The zero-order valence-electron chi connectivity index (χ0n) is 14.2. The molecule has 0 saturated carbocycles. The number of aromatic nitrogens is 3. The van der Waals surface area contributed by atoms with E-state index in [2.05, 4.69) is 25.8 Å². The summed E-state index contributed by atoms with van der Waals surface area (Å²) in [7, 11) is 1.50. The second kappa shape index (κ2) is 7.36. The summed E-state index contributed by atoms with van der Waals surface area (Å²) in [5, 5.41) is 22.6. The number of aromatic amines is 1. The molecular weight excluding hydrogens is 341 g/mol. The summed E-state index contributed by atoms with van der Waals surface area (Å²) >= 11 is 0. The number of fused-ring (bicyclic) bond motifs is 1. The second-order valence-corrected chi connectivity index (χ2v) is 5.72. The highest BCUT2D eigenvalue weighted by atomic mass is 19.1. The first kappa shape index (κ1) is 17.6. The Morgan fingerprint density at radius 1 is 1.35 bits per heavy atom. The summed E-state index contributed by atoms with van der Waals surface area (Å²) in [6, 6.07) is 5.91. The number of pyridine rings is 1. The van der Waals surface area contributed by atoms with Gasteiger partial charge in [-0.2, -0.15) is 0 Å². The van der Waals surface area contributed by atoms with Crippen LogP contribution in [0.5, 0.6) is 5.88 Å². The van der Waals surface area contributed by atoms with E-state index >= 15 is 0 Å². The van der Waals surface area contributed by atoms with Crippen LogP contribution in [-0.4, -0.2) is 39.5 Å². The predicted molar refractivity (Wildman–Crippen MR) is 93.4 cm³/mol. The molecule has 1 aromatic carbocycles. The number of halogens is 1. The number of H-pyrrole nitrogens is 1. The van der Waals surface area contributed by atoms with Crippen LogP contribution in [0, 0.1) is 5.82 Å². The number of methoxy groups -OCH3 is 1. The van der Waals surface area contributed by atoms with Crippen molar-refractivity contribution in [1.82, 2.24) is 20.5 Å². The summed E-state index contributed by atoms with van der Waals surface area (Å²) in [6.45, 7) is 1.54. The Balaban J connectivity index is 1.73. The maximum atomic E-state index is 13.1. The number of carbonyl (C=O) groups excluding carboxylic acids is 1. The summed E-state index contributed by atoms with van der Waals surface area (Å²) in [6.07, 6.45) is 0.651. The number of amides is 2. The zero-order chi connectivity index (χ0) is 18.7. The van der Waals surface area contributed by atoms with Crippen molar-refractivity contribution in [1.29, 1.82) is 0 Å². The maximum Gasteiger partial charge on any atom is 0.320 e. The van der Waals surface area contributed by atoms with E-state index in [1.54, 1.807) is 6.07 Å². The van der Waals surface area contributed by atoms with E-state index in [0.29, 0.717) is 28.2 Å². The number of aliphatic hydroxyl groups excluding tert-OH is 1. The third-order valence-electron chi connectivity index (χ3n) is 3.85. The van der Waals surface area contributed by atoms with Crippen molar-refractivity contribution in [2.24, 2.45) is 0 Å². The zero-order valence-corrected chi connectivity index (χ0v) is 14.2. The van der Waals surface area contributed by atoms with E-state index in [1.807, 2.05) is 0 Å². The van der Waals surface area contributed by atoms with Crippen LogP contribution >= 0.6 is 0 Å². The quantitative estimate of drug-likeness (QED) is 0.559. The van der Waals surface area contributed by atoms with Crippen molar-refractivity contribution < 1.29 is 19.0 Å². The summed E-state index contributed by atoms with van der Waals surface area (Å²) in [4.78, 5) is 16.4. The lowest BCUT2D eigenvalue weighted by Crippen LogP contribution is -2.37. The topological polar surface area (TPSA) is 112 Å². The Bertz CT molecular complexity index is 910. The van der Waals surface area contributed by atoms with Crippen molar-refractivity contribution in [2.45, 2.75) is 19.1 Å². The number of ether oxygens (including phenoxy) is 1. The van der Waals surface area contributed by atoms with Crippen molar-refractivity contribution in [2.75, 3.05) is 12.4 Å². The average Bonchev–Trinajstić information content (AvgIpc) is 3.02. The van der Waals surface area contributed by atoms with Gasteiger partial charge in [-0.15, -0.1) is 5.10 Å². The molecule has 2 heterocycles. The maximum absolute atomic E-state index is 13.1. The monoisotopic (exact) mass is 359 g/mol. The van der Waals surface area contributed by atoms with Gasteiger partial charge in [-0.25, -0.2) is 14.2 Å². The number of urea groups is 1. The van der Waals surface area contributed by atoms with E-state index in [9.17, 15) is 14.3 Å². The van der Waals surface area contributed by atoms with Gasteiger partial charge in [0.15, 0.2) is 0 Å². The summed E-state index contributed by atoms with van der Waals surface area (Å²) in [5.74, 6) is 0.314. The molecule has 3 aromatic rings. The lowest BCUT2D eigenvalue weighted by Gasteiger charge is -2.22. The first-order valence-electron chi connectivity index (χ1n) is 7.87. The van der Waals surface area contributed by atoms with Crippen molar-refractivity contribution in [3.8, 4) is 5.88 Å². The predicted octanol–water partition coefficient (Wildman–Crippen LogP) is 2.35. The second-order valence-electron chi connectivity index (χ2n) is 5.72. The molecule has 0 saturated heterocycles. The van der Waals surface area contributed by atoms with Crippen molar-refractivity contribution >= 4 is 22.8 Å². The molecule has 2 amide bonds. The molecule has 8 nitrogen and oxygen atoms in total. The number of hydrogen-bond acceptors (Lipinski definition) is 5. The van der Waals surface area contributed by atoms with Crippen LogP contribution in [0.25, 0.3) is 10.9 Å². The Labute approximate surface area is 148 Å². The molecular formula is C17H18FN5O3. The molecule has 0 aliphatic carbocycles. The van der Waals surface area contributed by atoms with Crippen LogP contribution in [0.4, 0.5) is 15.0 Å². The molecule has 2 unspecified atom stereocenters. The van der Waals surface area contributed by atoms with Gasteiger partial charge in [0.05, 0.1) is 30.2 Å². The molecule has 3 rings (SSSR count). The van der Waals surface area contributed by atoms with Gasteiger partial charge < -0.3 is 15.2 Å². The van der Waals surface area contributed by atoms with Crippen molar-refractivity contribution in [3.05, 3.63) is 47.9 Å². The van der Waals surface area contributed by atoms with Gasteiger partial charge in [0.2, 0.25) is 5.88 Å². The lowest BCUT2D eigenvalue weighted by atomic mass is 10.0. The Morgan fingerprint density at radius 2 is 2.08 bits per heavy atom. The lowest BCUT2D eigenvalue weighted by molar-refractivity contribution is 0.148.